The zero-order valence-electron chi connectivity index (χ0n) is 9.24. The second-order valence-electron chi connectivity index (χ2n) is 4.43. The van der Waals surface area contributed by atoms with Crippen LogP contribution in [0.4, 0.5) is 0 Å². The van der Waals surface area contributed by atoms with Gasteiger partial charge in [-0.05, 0) is 35.0 Å². The van der Waals surface area contributed by atoms with Crippen molar-refractivity contribution in [3.05, 3.63) is 45.3 Å². The van der Waals surface area contributed by atoms with E-state index in [1.165, 1.54) is 15.6 Å². The Bertz CT molecular complexity index is 774. The summed E-state index contributed by atoms with van der Waals surface area (Å²) in [4.78, 5) is 0. The molecule has 3 aromatic rings. The summed E-state index contributed by atoms with van der Waals surface area (Å²) in [5.74, 6) is 0. The molecule has 0 bridgehead atoms. The molecular formula is C14H8Cl2OS. The third-order valence-electron chi connectivity index (χ3n) is 3.29. The van der Waals surface area contributed by atoms with Gasteiger partial charge in [0, 0.05) is 31.1 Å². The van der Waals surface area contributed by atoms with Gasteiger partial charge in [0.1, 0.15) is 6.10 Å². The van der Waals surface area contributed by atoms with E-state index in [0.717, 1.165) is 17.4 Å². The molecule has 1 aliphatic rings. The van der Waals surface area contributed by atoms with E-state index in [2.05, 4.69) is 17.5 Å². The van der Waals surface area contributed by atoms with E-state index >= 15 is 0 Å². The number of thiophene rings is 1. The summed E-state index contributed by atoms with van der Waals surface area (Å²) in [5, 5.41) is 6.87. The third-order valence-corrected chi connectivity index (χ3v) is 4.79. The average Bonchev–Trinajstić information content (AvgIpc) is 3.04. The minimum absolute atomic E-state index is 0.238. The highest BCUT2D eigenvalue weighted by molar-refractivity contribution is 7.17. The van der Waals surface area contributed by atoms with Crippen LogP contribution in [0, 0.1) is 0 Å². The largest absolute Gasteiger partial charge is 0.368 e. The van der Waals surface area contributed by atoms with E-state index in [1.54, 1.807) is 17.4 Å². The van der Waals surface area contributed by atoms with Gasteiger partial charge < -0.3 is 4.74 Å². The van der Waals surface area contributed by atoms with Crippen LogP contribution < -0.4 is 0 Å². The summed E-state index contributed by atoms with van der Waals surface area (Å²) in [6, 6.07) is 8.04. The summed E-state index contributed by atoms with van der Waals surface area (Å²) in [5.41, 5.74) is 1.25. The van der Waals surface area contributed by atoms with Crippen LogP contribution in [0.5, 0.6) is 0 Å². The molecule has 4 heteroatoms. The van der Waals surface area contributed by atoms with Crippen molar-refractivity contribution in [2.75, 3.05) is 6.61 Å². The summed E-state index contributed by atoms with van der Waals surface area (Å²) in [6.45, 7) is 0.809. The maximum absolute atomic E-state index is 6.30. The first kappa shape index (κ1) is 11.1. The van der Waals surface area contributed by atoms with Crippen LogP contribution in [0.3, 0.4) is 0 Å². The van der Waals surface area contributed by atoms with E-state index in [4.69, 9.17) is 27.9 Å². The molecule has 0 N–H and O–H groups in total. The number of epoxide rings is 1. The number of benzene rings is 2. The second kappa shape index (κ2) is 3.84. The van der Waals surface area contributed by atoms with E-state index in [-0.39, 0.29) is 6.10 Å². The smallest absolute Gasteiger partial charge is 0.107 e. The van der Waals surface area contributed by atoms with Crippen LogP contribution in [-0.4, -0.2) is 6.61 Å². The molecule has 1 aliphatic heterocycles. The summed E-state index contributed by atoms with van der Waals surface area (Å²) in [6.07, 6.45) is 0.238. The molecule has 1 saturated heterocycles. The molecule has 0 spiro atoms. The van der Waals surface area contributed by atoms with Crippen molar-refractivity contribution in [2.24, 2.45) is 0 Å². The Morgan fingerprint density at radius 2 is 1.94 bits per heavy atom. The van der Waals surface area contributed by atoms with Crippen LogP contribution >= 0.6 is 34.5 Å². The third kappa shape index (κ3) is 1.57. The van der Waals surface area contributed by atoms with Gasteiger partial charge in [-0.15, -0.1) is 11.3 Å². The molecule has 18 heavy (non-hydrogen) atoms. The lowest BCUT2D eigenvalue weighted by Gasteiger charge is -2.07. The lowest BCUT2D eigenvalue weighted by molar-refractivity contribution is 0.417. The molecule has 1 unspecified atom stereocenters. The van der Waals surface area contributed by atoms with Crippen LogP contribution in [0.1, 0.15) is 11.7 Å². The SMILES string of the molecule is Clc1cc(Cl)c2cc(C3CO3)c3sccc3c2c1. The number of fused-ring (bicyclic) bond motifs is 3. The lowest BCUT2D eigenvalue weighted by Crippen LogP contribution is -1.84. The minimum Gasteiger partial charge on any atom is -0.368 e. The van der Waals surface area contributed by atoms with Crippen LogP contribution in [0.25, 0.3) is 20.9 Å². The molecule has 1 atom stereocenters. The molecule has 0 aliphatic carbocycles. The van der Waals surface area contributed by atoms with Gasteiger partial charge in [-0.3, -0.25) is 0 Å². The zero-order chi connectivity index (χ0) is 12.3. The molecule has 2 heterocycles. The van der Waals surface area contributed by atoms with Crippen molar-refractivity contribution in [1.29, 1.82) is 0 Å². The first-order valence-corrected chi connectivity index (χ1v) is 7.28. The molecule has 0 saturated carbocycles. The van der Waals surface area contributed by atoms with Crippen LogP contribution in [0.15, 0.2) is 29.6 Å². The average molecular weight is 295 g/mol. The highest BCUT2D eigenvalue weighted by Gasteiger charge is 2.28. The van der Waals surface area contributed by atoms with Crippen molar-refractivity contribution in [1.82, 2.24) is 0 Å². The Balaban J connectivity index is 2.21. The lowest BCUT2D eigenvalue weighted by atomic mass is 10.0. The fourth-order valence-electron chi connectivity index (χ4n) is 2.39. The number of rotatable bonds is 1. The van der Waals surface area contributed by atoms with Gasteiger partial charge >= 0.3 is 0 Å². The molecule has 0 radical (unpaired) electrons. The van der Waals surface area contributed by atoms with E-state index in [0.29, 0.717) is 10.0 Å². The topological polar surface area (TPSA) is 12.5 Å². The fraction of sp³-hybridized carbons (Fsp3) is 0.143. The van der Waals surface area contributed by atoms with Gasteiger partial charge in [-0.1, -0.05) is 23.2 Å². The molecule has 1 nitrogen and oxygen atoms in total. The van der Waals surface area contributed by atoms with Gasteiger partial charge in [0.25, 0.3) is 0 Å². The zero-order valence-corrected chi connectivity index (χ0v) is 11.6. The molecule has 90 valence electrons. The fourth-order valence-corrected chi connectivity index (χ4v) is 3.91. The van der Waals surface area contributed by atoms with Gasteiger partial charge in [-0.2, -0.15) is 0 Å². The van der Waals surface area contributed by atoms with Gasteiger partial charge in [0.05, 0.1) is 6.61 Å². The van der Waals surface area contributed by atoms with Gasteiger partial charge in [0.2, 0.25) is 0 Å². The summed E-state index contributed by atoms with van der Waals surface area (Å²) >= 11 is 14.1. The molecular weight excluding hydrogens is 287 g/mol. The second-order valence-corrected chi connectivity index (χ2v) is 6.19. The first-order chi connectivity index (χ1) is 8.74. The molecule has 1 aromatic heterocycles. The van der Waals surface area contributed by atoms with E-state index < -0.39 is 0 Å². The predicted molar refractivity (Wildman–Crippen MR) is 78.0 cm³/mol. The number of hydrogen-bond acceptors (Lipinski definition) is 2. The Morgan fingerprint density at radius 3 is 2.72 bits per heavy atom. The van der Waals surface area contributed by atoms with Gasteiger partial charge in [-0.25, -0.2) is 0 Å². The number of hydrogen-bond donors (Lipinski definition) is 0. The predicted octanol–water partition coefficient (Wildman–Crippen LogP) is 5.43. The molecule has 4 rings (SSSR count). The number of ether oxygens (including phenoxy) is 1. The minimum atomic E-state index is 0.238. The maximum Gasteiger partial charge on any atom is 0.107 e. The first-order valence-electron chi connectivity index (χ1n) is 5.64. The van der Waals surface area contributed by atoms with E-state index in [9.17, 15) is 0 Å². The van der Waals surface area contributed by atoms with E-state index in [1.807, 2.05) is 6.07 Å². The Kier molecular flexibility index (Phi) is 2.36. The van der Waals surface area contributed by atoms with Gasteiger partial charge in [0.15, 0.2) is 0 Å². The maximum atomic E-state index is 6.30. The molecule has 0 amide bonds. The van der Waals surface area contributed by atoms with Crippen LogP contribution in [-0.2, 0) is 4.74 Å². The summed E-state index contributed by atoms with van der Waals surface area (Å²) < 4.78 is 6.70. The molecule has 2 aromatic carbocycles. The highest BCUT2D eigenvalue weighted by atomic mass is 35.5. The monoisotopic (exact) mass is 294 g/mol. The van der Waals surface area contributed by atoms with Crippen molar-refractivity contribution < 1.29 is 4.74 Å². The standard InChI is InChI=1S/C14H8Cl2OS/c15-7-3-9-8-1-2-18-14(8)11(13-6-17-13)5-10(9)12(16)4-7/h1-5,13H,6H2. The highest BCUT2D eigenvalue weighted by Crippen LogP contribution is 2.43. The summed E-state index contributed by atoms with van der Waals surface area (Å²) in [7, 11) is 0. The van der Waals surface area contributed by atoms with Crippen molar-refractivity contribution in [3.63, 3.8) is 0 Å². The Hall–Kier alpha value is -0.800. The number of halogens is 2. The van der Waals surface area contributed by atoms with Crippen molar-refractivity contribution in [3.8, 4) is 0 Å². The quantitative estimate of drug-likeness (QED) is 0.545. The Morgan fingerprint density at radius 1 is 1.11 bits per heavy atom. The Labute approximate surface area is 118 Å². The normalized spacial score (nSPS) is 18.7. The van der Waals surface area contributed by atoms with Crippen molar-refractivity contribution >= 4 is 55.4 Å². The van der Waals surface area contributed by atoms with Crippen molar-refractivity contribution in [2.45, 2.75) is 6.10 Å². The van der Waals surface area contributed by atoms with Crippen LogP contribution in [0.2, 0.25) is 10.0 Å². The molecule has 1 fully saturated rings.